The summed E-state index contributed by atoms with van der Waals surface area (Å²) >= 11 is 0. The zero-order valence-electron chi connectivity index (χ0n) is 4.16. The highest BCUT2D eigenvalue weighted by molar-refractivity contribution is 5.34. The second kappa shape index (κ2) is 1.69. The van der Waals surface area contributed by atoms with E-state index in [9.17, 15) is 0 Å². The van der Waals surface area contributed by atoms with Crippen LogP contribution in [0.25, 0.3) is 6.08 Å². The third-order valence-corrected chi connectivity index (χ3v) is 0.684. The number of hydrogen-bond acceptors (Lipinski definition) is 3. The third-order valence-electron chi connectivity index (χ3n) is 0.684. The van der Waals surface area contributed by atoms with E-state index in [-0.39, 0.29) is 5.88 Å². The SMILES string of the molecule is C=Cc1nc(O)co1. The topological polar surface area (TPSA) is 46.3 Å². The van der Waals surface area contributed by atoms with Crippen LogP contribution in [0.5, 0.6) is 5.88 Å². The highest BCUT2D eigenvalue weighted by atomic mass is 16.4. The molecule has 1 N–H and O–H groups in total. The molecule has 0 aliphatic rings. The van der Waals surface area contributed by atoms with Crippen LogP contribution in [0, 0.1) is 0 Å². The molecule has 3 heteroatoms. The van der Waals surface area contributed by atoms with Gasteiger partial charge in [-0.25, -0.2) is 0 Å². The fraction of sp³-hybridized carbons (Fsp3) is 0. The van der Waals surface area contributed by atoms with E-state index in [4.69, 9.17) is 5.11 Å². The van der Waals surface area contributed by atoms with Gasteiger partial charge in [0.1, 0.15) is 0 Å². The van der Waals surface area contributed by atoms with Gasteiger partial charge in [0, 0.05) is 0 Å². The standard InChI is InChI=1S/C5H5NO2/c1-2-5-6-4(7)3-8-5/h2-3,7H,1H2. The molecule has 0 amide bonds. The van der Waals surface area contributed by atoms with Crippen LogP contribution in [0.4, 0.5) is 0 Å². The lowest BCUT2D eigenvalue weighted by atomic mass is 10.6. The van der Waals surface area contributed by atoms with E-state index in [1.54, 1.807) is 0 Å². The highest BCUT2D eigenvalue weighted by Gasteiger charge is 1.93. The Kier molecular flexibility index (Phi) is 1.04. The first-order valence-electron chi connectivity index (χ1n) is 2.10. The van der Waals surface area contributed by atoms with Gasteiger partial charge in [0.05, 0.1) is 0 Å². The van der Waals surface area contributed by atoms with Gasteiger partial charge in [-0.05, 0) is 6.08 Å². The van der Waals surface area contributed by atoms with Crippen LogP contribution in [-0.4, -0.2) is 10.1 Å². The van der Waals surface area contributed by atoms with E-state index in [1.807, 2.05) is 0 Å². The van der Waals surface area contributed by atoms with Crippen LogP contribution in [-0.2, 0) is 0 Å². The number of rotatable bonds is 1. The Morgan fingerprint density at radius 3 is 2.88 bits per heavy atom. The molecule has 0 unspecified atom stereocenters. The summed E-state index contributed by atoms with van der Waals surface area (Å²) in [7, 11) is 0. The minimum absolute atomic E-state index is 0.111. The van der Waals surface area contributed by atoms with E-state index in [0.29, 0.717) is 5.89 Å². The number of oxazole rings is 1. The van der Waals surface area contributed by atoms with Gasteiger partial charge in [-0.1, -0.05) is 6.58 Å². The van der Waals surface area contributed by atoms with Gasteiger partial charge in [0.25, 0.3) is 5.88 Å². The Bertz CT molecular complexity index is 192. The van der Waals surface area contributed by atoms with Gasteiger partial charge >= 0.3 is 0 Å². The first kappa shape index (κ1) is 4.90. The van der Waals surface area contributed by atoms with Crippen molar-refractivity contribution >= 4 is 6.08 Å². The van der Waals surface area contributed by atoms with Crippen LogP contribution in [0.1, 0.15) is 5.89 Å². The molecule has 0 aliphatic heterocycles. The lowest BCUT2D eigenvalue weighted by molar-refractivity contribution is 0.448. The summed E-state index contributed by atoms with van der Waals surface area (Å²) in [6, 6.07) is 0. The molecular formula is C5H5NO2. The van der Waals surface area contributed by atoms with E-state index in [1.165, 1.54) is 6.08 Å². The number of hydrogen-bond donors (Lipinski definition) is 1. The molecule has 3 nitrogen and oxygen atoms in total. The minimum Gasteiger partial charge on any atom is -0.491 e. The predicted octanol–water partition coefficient (Wildman–Crippen LogP) is 1.02. The minimum atomic E-state index is -0.111. The van der Waals surface area contributed by atoms with Crippen molar-refractivity contribution in [2.24, 2.45) is 0 Å². The van der Waals surface area contributed by atoms with Crippen LogP contribution < -0.4 is 0 Å². The number of aromatic hydroxyl groups is 1. The maximum Gasteiger partial charge on any atom is 0.250 e. The van der Waals surface area contributed by atoms with Crippen LogP contribution in [0.3, 0.4) is 0 Å². The quantitative estimate of drug-likeness (QED) is 0.588. The lowest BCUT2D eigenvalue weighted by Gasteiger charge is -1.71. The van der Waals surface area contributed by atoms with E-state index in [2.05, 4.69) is 16.0 Å². The monoisotopic (exact) mass is 111 g/mol. The summed E-state index contributed by atoms with van der Waals surface area (Å²) < 4.78 is 4.63. The Hall–Kier alpha value is -1.25. The van der Waals surface area contributed by atoms with Gasteiger partial charge in [-0.15, -0.1) is 0 Å². The fourth-order valence-corrected chi connectivity index (χ4v) is 0.372. The largest absolute Gasteiger partial charge is 0.491 e. The number of nitrogens with zero attached hydrogens (tertiary/aromatic N) is 1. The summed E-state index contributed by atoms with van der Waals surface area (Å²) in [6.07, 6.45) is 2.57. The van der Waals surface area contributed by atoms with Crippen LogP contribution >= 0.6 is 0 Å². The van der Waals surface area contributed by atoms with Crippen molar-refractivity contribution in [2.45, 2.75) is 0 Å². The average molecular weight is 111 g/mol. The molecule has 0 radical (unpaired) electrons. The smallest absolute Gasteiger partial charge is 0.250 e. The maximum atomic E-state index is 8.53. The first-order chi connectivity index (χ1) is 3.83. The predicted molar refractivity (Wildman–Crippen MR) is 28.3 cm³/mol. The molecule has 0 aliphatic carbocycles. The average Bonchev–Trinajstić information content (AvgIpc) is 2.14. The molecule has 1 aromatic rings. The fourth-order valence-electron chi connectivity index (χ4n) is 0.372. The summed E-state index contributed by atoms with van der Waals surface area (Å²) in [5, 5.41) is 8.53. The molecule has 0 fully saturated rings. The third kappa shape index (κ3) is 0.703. The molecule has 42 valence electrons. The van der Waals surface area contributed by atoms with Crippen molar-refractivity contribution in [3.63, 3.8) is 0 Å². The molecule has 0 saturated carbocycles. The molecule has 1 heterocycles. The van der Waals surface area contributed by atoms with Gasteiger partial charge in [-0.3, -0.25) is 0 Å². The highest BCUT2D eigenvalue weighted by Crippen LogP contribution is 2.06. The van der Waals surface area contributed by atoms with E-state index in [0.717, 1.165) is 6.26 Å². The van der Waals surface area contributed by atoms with Gasteiger partial charge < -0.3 is 9.52 Å². The molecule has 0 saturated heterocycles. The summed E-state index contributed by atoms with van der Waals surface area (Å²) in [4.78, 5) is 3.50. The first-order valence-corrected chi connectivity index (χ1v) is 2.10. The molecule has 0 atom stereocenters. The summed E-state index contributed by atoms with van der Waals surface area (Å²) in [6.45, 7) is 3.38. The molecular weight excluding hydrogens is 106 g/mol. The zero-order chi connectivity index (χ0) is 5.98. The Morgan fingerprint density at radius 1 is 1.88 bits per heavy atom. The molecule has 1 rings (SSSR count). The summed E-state index contributed by atoms with van der Waals surface area (Å²) in [5.41, 5.74) is 0. The maximum absolute atomic E-state index is 8.53. The molecule has 8 heavy (non-hydrogen) atoms. The Labute approximate surface area is 46.3 Å². The summed E-state index contributed by atoms with van der Waals surface area (Å²) in [5.74, 6) is 0.224. The van der Waals surface area contributed by atoms with Crippen molar-refractivity contribution in [1.82, 2.24) is 4.98 Å². The molecule has 0 spiro atoms. The van der Waals surface area contributed by atoms with Crippen LogP contribution in [0.2, 0.25) is 0 Å². The van der Waals surface area contributed by atoms with Crippen molar-refractivity contribution in [2.75, 3.05) is 0 Å². The molecule has 0 bridgehead atoms. The second-order valence-corrected chi connectivity index (χ2v) is 1.25. The second-order valence-electron chi connectivity index (χ2n) is 1.25. The zero-order valence-corrected chi connectivity index (χ0v) is 4.16. The van der Waals surface area contributed by atoms with E-state index < -0.39 is 0 Å². The van der Waals surface area contributed by atoms with Gasteiger partial charge in [0.15, 0.2) is 6.26 Å². The lowest BCUT2D eigenvalue weighted by Crippen LogP contribution is -1.64. The Morgan fingerprint density at radius 2 is 2.62 bits per heavy atom. The Balaban J connectivity index is 3.00. The van der Waals surface area contributed by atoms with Crippen molar-refractivity contribution in [3.05, 3.63) is 18.7 Å². The van der Waals surface area contributed by atoms with Gasteiger partial charge in [0.2, 0.25) is 5.89 Å². The van der Waals surface area contributed by atoms with E-state index >= 15 is 0 Å². The van der Waals surface area contributed by atoms with Crippen LogP contribution in [0.15, 0.2) is 17.3 Å². The van der Waals surface area contributed by atoms with Crippen molar-refractivity contribution in [1.29, 1.82) is 0 Å². The normalized spacial score (nSPS) is 9.00. The molecule has 0 aromatic carbocycles. The van der Waals surface area contributed by atoms with Crippen molar-refractivity contribution < 1.29 is 9.52 Å². The van der Waals surface area contributed by atoms with Gasteiger partial charge in [-0.2, -0.15) is 4.98 Å². The number of aromatic nitrogens is 1. The molecule has 1 aromatic heterocycles. The van der Waals surface area contributed by atoms with Crippen molar-refractivity contribution in [3.8, 4) is 5.88 Å².